The summed E-state index contributed by atoms with van der Waals surface area (Å²) in [5.74, 6) is 0. The number of likely N-dealkylation sites (N-methyl/N-ethyl adjacent to an activating group) is 1. The van der Waals surface area contributed by atoms with Crippen molar-refractivity contribution in [2.45, 2.75) is 12.5 Å². The Morgan fingerprint density at radius 1 is 1.50 bits per heavy atom. The van der Waals surface area contributed by atoms with Crippen LogP contribution in [0.1, 0.15) is 5.56 Å². The molecular formula is C10H16BrN3. The minimum atomic E-state index is 0.168. The molecule has 2 N–H and O–H groups in total. The first-order chi connectivity index (χ1) is 6.58. The molecule has 0 aliphatic rings. The Bertz CT molecular complexity index is 288. The Labute approximate surface area is 93.4 Å². The van der Waals surface area contributed by atoms with Crippen molar-refractivity contribution in [3.8, 4) is 0 Å². The first-order valence-corrected chi connectivity index (χ1v) is 5.37. The van der Waals surface area contributed by atoms with E-state index in [4.69, 9.17) is 5.73 Å². The molecule has 0 bridgehead atoms. The van der Waals surface area contributed by atoms with Gasteiger partial charge in [0.25, 0.3) is 0 Å². The highest BCUT2D eigenvalue weighted by Gasteiger charge is 2.05. The van der Waals surface area contributed by atoms with Gasteiger partial charge in [-0.15, -0.1) is 0 Å². The number of hydrogen-bond donors (Lipinski definition) is 1. The maximum absolute atomic E-state index is 5.97. The Kier molecular flexibility index (Phi) is 4.51. The molecule has 1 aromatic heterocycles. The molecule has 78 valence electrons. The maximum Gasteiger partial charge on any atom is 0.0410 e. The van der Waals surface area contributed by atoms with Crippen LogP contribution < -0.4 is 5.73 Å². The fourth-order valence-electron chi connectivity index (χ4n) is 1.40. The highest BCUT2D eigenvalue weighted by molar-refractivity contribution is 9.10. The monoisotopic (exact) mass is 257 g/mol. The molecule has 1 heterocycles. The Balaban J connectivity index is 2.51. The summed E-state index contributed by atoms with van der Waals surface area (Å²) in [5.41, 5.74) is 7.15. The highest BCUT2D eigenvalue weighted by Crippen LogP contribution is 2.10. The van der Waals surface area contributed by atoms with E-state index in [2.05, 4.69) is 31.9 Å². The van der Waals surface area contributed by atoms with E-state index in [-0.39, 0.29) is 6.04 Å². The summed E-state index contributed by atoms with van der Waals surface area (Å²) in [6.45, 7) is 0.895. The maximum atomic E-state index is 5.97. The molecule has 1 unspecified atom stereocenters. The summed E-state index contributed by atoms with van der Waals surface area (Å²) in [6, 6.07) is 2.23. The number of aromatic nitrogens is 1. The first kappa shape index (κ1) is 11.6. The van der Waals surface area contributed by atoms with Crippen molar-refractivity contribution in [1.82, 2.24) is 9.88 Å². The topological polar surface area (TPSA) is 42.1 Å². The van der Waals surface area contributed by atoms with Crippen LogP contribution in [0, 0.1) is 0 Å². The molecule has 0 aliphatic heterocycles. The molecule has 0 radical (unpaired) electrons. The van der Waals surface area contributed by atoms with E-state index >= 15 is 0 Å². The van der Waals surface area contributed by atoms with Crippen molar-refractivity contribution in [3.05, 3.63) is 28.5 Å². The van der Waals surface area contributed by atoms with E-state index in [9.17, 15) is 0 Å². The lowest BCUT2D eigenvalue weighted by atomic mass is 10.1. The van der Waals surface area contributed by atoms with Crippen LogP contribution in [-0.4, -0.2) is 36.6 Å². The Morgan fingerprint density at radius 2 is 2.21 bits per heavy atom. The lowest BCUT2D eigenvalue weighted by Crippen LogP contribution is -2.34. The van der Waals surface area contributed by atoms with Crippen LogP contribution in [0.2, 0.25) is 0 Å². The zero-order chi connectivity index (χ0) is 10.6. The van der Waals surface area contributed by atoms with Crippen LogP contribution in [0.4, 0.5) is 0 Å². The summed E-state index contributed by atoms with van der Waals surface area (Å²) in [6.07, 6.45) is 4.51. The molecule has 0 fully saturated rings. The molecule has 3 nitrogen and oxygen atoms in total. The predicted octanol–water partition coefficient (Wildman–Crippen LogP) is 1.28. The van der Waals surface area contributed by atoms with E-state index in [0.717, 1.165) is 17.4 Å². The van der Waals surface area contributed by atoms with Crippen molar-refractivity contribution in [1.29, 1.82) is 0 Å². The average molecular weight is 258 g/mol. The van der Waals surface area contributed by atoms with Crippen molar-refractivity contribution < 1.29 is 0 Å². The fourth-order valence-corrected chi connectivity index (χ4v) is 1.82. The van der Waals surface area contributed by atoms with Gasteiger partial charge in [0, 0.05) is 29.5 Å². The summed E-state index contributed by atoms with van der Waals surface area (Å²) in [7, 11) is 4.05. The molecule has 4 heteroatoms. The quantitative estimate of drug-likeness (QED) is 0.884. The molecule has 14 heavy (non-hydrogen) atoms. The van der Waals surface area contributed by atoms with Gasteiger partial charge in [0.15, 0.2) is 0 Å². The van der Waals surface area contributed by atoms with Crippen LogP contribution in [0.15, 0.2) is 22.9 Å². The molecule has 0 aliphatic carbocycles. The molecule has 0 amide bonds. The van der Waals surface area contributed by atoms with Crippen molar-refractivity contribution in [2.24, 2.45) is 5.73 Å². The number of rotatable bonds is 4. The number of halogens is 1. The molecular weight excluding hydrogens is 242 g/mol. The van der Waals surface area contributed by atoms with E-state index in [1.54, 1.807) is 6.20 Å². The number of hydrogen-bond acceptors (Lipinski definition) is 3. The number of nitrogens with zero attached hydrogens (tertiary/aromatic N) is 2. The molecule has 1 rings (SSSR count). The third-order valence-electron chi connectivity index (χ3n) is 1.86. The molecule has 1 aromatic rings. The van der Waals surface area contributed by atoms with E-state index < -0.39 is 0 Å². The second-order valence-corrected chi connectivity index (χ2v) is 4.65. The molecule has 0 saturated heterocycles. The molecule has 0 aromatic carbocycles. The third kappa shape index (κ3) is 4.17. The van der Waals surface area contributed by atoms with Gasteiger partial charge < -0.3 is 10.6 Å². The minimum absolute atomic E-state index is 0.168. The zero-order valence-electron chi connectivity index (χ0n) is 8.57. The van der Waals surface area contributed by atoms with Crippen molar-refractivity contribution >= 4 is 15.9 Å². The SMILES string of the molecule is CN(C)CC(N)Cc1cncc(Br)c1. The third-order valence-corrected chi connectivity index (χ3v) is 2.29. The molecule has 1 atom stereocenters. The lowest BCUT2D eigenvalue weighted by Gasteiger charge is -2.16. The summed E-state index contributed by atoms with van der Waals surface area (Å²) in [5, 5.41) is 0. The van der Waals surface area contributed by atoms with E-state index in [1.165, 1.54) is 5.56 Å². The second-order valence-electron chi connectivity index (χ2n) is 3.74. The van der Waals surface area contributed by atoms with Gasteiger partial charge in [0.1, 0.15) is 0 Å². The van der Waals surface area contributed by atoms with Gasteiger partial charge in [-0.05, 0) is 48.1 Å². The van der Waals surface area contributed by atoms with Crippen LogP contribution in [0.5, 0.6) is 0 Å². The normalized spacial score (nSPS) is 13.2. The summed E-state index contributed by atoms with van der Waals surface area (Å²) < 4.78 is 1.01. The van der Waals surface area contributed by atoms with Gasteiger partial charge in [-0.1, -0.05) is 0 Å². The van der Waals surface area contributed by atoms with Gasteiger partial charge in [0.05, 0.1) is 0 Å². The first-order valence-electron chi connectivity index (χ1n) is 4.57. The van der Waals surface area contributed by atoms with Crippen molar-refractivity contribution in [3.63, 3.8) is 0 Å². The molecule has 0 saturated carbocycles. The van der Waals surface area contributed by atoms with Gasteiger partial charge in [0.2, 0.25) is 0 Å². The van der Waals surface area contributed by atoms with Gasteiger partial charge in [-0.25, -0.2) is 0 Å². The Morgan fingerprint density at radius 3 is 2.79 bits per heavy atom. The van der Waals surface area contributed by atoms with Crippen molar-refractivity contribution in [2.75, 3.05) is 20.6 Å². The van der Waals surface area contributed by atoms with Gasteiger partial charge >= 0.3 is 0 Å². The second kappa shape index (κ2) is 5.44. The molecule has 0 spiro atoms. The summed E-state index contributed by atoms with van der Waals surface area (Å²) >= 11 is 3.39. The average Bonchev–Trinajstić information content (AvgIpc) is 2.01. The standard InChI is InChI=1S/C10H16BrN3/c1-14(2)7-10(12)4-8-3-9(11)6-13-5-8/h3,5-6,10H,4,7,12H2,1-2H3. The van der Waals surface area contributed by atoms with E-state index in [0.29, 0.717) is 0 Å². The van der Waals surface area contributed by atoms with Crippen LogP contribution in [-0.2, 0) is 6.42 Å². The van der Waals surface area contributed by atoms with Crippen LogP contribution >= 0.6 is 15.9 Å². The minimum Gasteiger partial charge on any atom is -0.326 e. The van der Waals surface area contributed by atoms with Gasteiger partial charge in [-0.3, -0.25) is 4.98 Å². The Hall–Kier alpha value is -0.450. The van der Waals surface area contributed by atoms with Crippen LogP contribution in [0.3, 0.4) is 0 Å². The zero-order valence-corrected chi connectivity index (χ0v) is 10.2. The smallest absolute Gasteiger partial charge is 0.0410 e. The highest BCUT2D eigenvalue weighted by atomic mass is 79.9. The fraction of sp³-hybridized carbons (Fsp3) is 0.500. The lowest BCUT2D eigenvalue weighted by molar-refractivity contribution is 0.371. The number of nitrogens with two attached hydrogens (primary N) is 1. The largest absolute Gasteiger partial charge is 0.326 e. The summed E-state index contributed by atoms with van der Waals surface area (Å²) in [4.78, 5) is 6.19. The van der Waals surface area contributed by atoms with Gasteiger partial charge in [-0.2, -0.15) is 0 Å². The van der Waals surface area contributed by atoms with E-state index in [1.807, 2.05) is 20.3 Å². The number of pyridine rings is 1. The predicted molar refractivity (Wildman–Crippen MR) is 62.2 cm³/mol. The van der Waals surface area contributed by atoms with Crippen LogP contribution in [0.25, 0.3) is 0 Å².